The highest BCUT2D eigenvalue weighted by Crippen LogP contribution is 2.30. The number of amides is 1. The molecule has 0 saturated heterocycles. The van der Waals surface area contributed by atoms with Gasteiger partial charge in [-0.1, -0.05) is 5.16 Å². The van der Waals surface area contributed by atoms with Gasteiger partial charge in [-0.25, -0.2) is 4.79 Å². The zero-order chi connectivity index (χ0) is 20.6. The number of halogens is 3. The zero-order valence-electron chi connectivity index (χ0n) is 15.0. The van der Waals surface area contributed by atoms with E-state index in [9.17, 15) is 18.0 Å². The highest BCUT2D eigenvalue weighted by Gasteiger charge is 2.38. The van der Waals surface area contributed by atoms with Crippen molar-refractivity contribution in [3.8, 4) is 0 Å². The van der Waals surface area contributed by atoms with E-state index in [2.05, 4.69) is 15.4 Å². The van der Waals surface area contributed by atoms with E-state index in [-0.39, 0.29) is 5.91 Å². The van der Waals surface area contributed by atoms with Crippen LogP contribution in [0, 0.1) is 0 Å². The number of rotatable bonds is 5. The van der Waals surface area contributed by atoms with E-state index in [1.54, 1.807) is 0 Å². The summed E-state index contributed by atoms with van der Waals surface area (Å²) in [5.74, 6) is -2.77. The highest BCUT2D eigenvalue weighted by molar-refractivity contribution is 7.12. The Morgan fingerprint density at radius 2 is 1.96 bits per heavy atom. The number of carbonyl (C=O) groups excluding carboxylic acids is 1. The molecule has 1 heterocycles. The molecule has 0 radical (unpaired) electrons. The largest absolute Gasteiger partial charge is 0.490 e. The second-order valence-corrected chi connectivity index (χ2v) is 6.95. The van der Waals surface area contributed by atoms with Gasteiger partial charge in [-0.05, 0) is 51.9 Å². The van der Waals surface area contributed by atoms with Crippen molar-refractivity contribution < 1.29 is 33.1 Å². The van der Waals surface area contributed by atoms with Gasteiger partial charge in [0.1, 0.15) is 0 Å². The molecule has 2 rings (SSSR count). The number of hydrogen-bond acceptors (Lipinski definition) is 6. The third-order valence-electron chi connectivity index (χ3n) is 3.67. The van der Waals surface area contributed by atoms with E-state index in [1.807, 2.05) is 19.5 Å². The average Bonchev–Trinajstić information content (AvgIpc) is 3.02. The predicted molar refractivity (Wildman–Crippen MR) is 94.8 cm³/mol. The lowest BCUT2D eigenvalue weighted by Crippen LogP contribution is -2.28. The summed E-state index contributed by atoms with van der Waals surface area (Å²) in [5.41, 5.74) is 2.50. The number of carboxylic acids is 1. The van der Waals surface area contributed by atoms with Crippen LogP contribution < -0.4 is 5.32 Å². The van der Waals surface area contributed by atoms with Crippen LogP contribution in [0.2, 0.25) is 0 Å². The molecule has 0 aromatic carbocycles. The number of alkyl halides is 3. The number of aliphatic carboxylic acids is 1. The Bertz CT molecular complexity index is 687. The lowest BCUT2D eigenvalue weighted by Gasteiger charge is -2.14. The molecule has 11 heteroatoms. The molecule has 1 aromatic rings. The molecule has 0 spiro atoms. The Kier molecular flexibility index (Phi) is 8.70. The molecular formula is C16H22F3N3O4S. The minimum Gasteiger partial charge on any atom is -0.475 e. The van der Waals surface area contributed by atoms with Crippen LogP contribution in [0.1, 0.15) is 40.1 Å². The van der Waals surface area contributed by atoms with Gasteiger partial charge < -0.3 is 20.5 Å². The van der Waals surface area contributed by atoms with Crippen LogP contribution >= 0.6 is 11.3 Å². The van der Waals surface area contributed by atoms with E-state index in [1.165, 1.54) is 11.3 Å². The number of nitrogens with zero attached hydrogens (tertiary/aromatic N) is 2. The molecule has 7 nitrogen and oxygen atoms in total. The fourth-order valence-electron chi connectivity index (χ4n) is 2.40. The van der Waals surface area contributed by atoms with Crippen LogP contribution in [-0.2, 0) is 11.2 Å². The Morgan fingerprint density at radius 1 is 1.33 bits per heavy atom. The van der Waals surface area contributed by atoms with Gasteiger partial charge in [0.15, 0.2) is 0 Å². The summed E-state index contributed by atoms with van der Waals surface area (Å²) in [6, 6.07) is 0. The van der Waals surface area contributed by atoms with Crippen molar-refractivity contribution in [2.24, 2.45) is 5.16 Å². The number of thiophene rings is 1. The Labute approximate surface area is 158 Å². The van der Waals surface area contributed by atoms with Gasteiger partial charge in [-0.15, -0.1) is 11.3 Å². The monoisotopic (exact) mass is 409 g/mol. The molecule has 3 N–H and O–H groups in total. The van der Waals surface area contributed by atoms with Crippen LogP contribution in [0.4, 0.5) is 13.2 Å². The second-order valence-electron chi connectivity index (χ2n) is 6.07. The van der Waals surface area contributed by atoms with Gasteiger partial charge in [0.25, 0.3) is 5.91 Å². The molecule has 0 aliphatic heterocycles. The standard InChI is InChI=1S/C14H21N3O2S.C2HF3O2/c1-17(2)8-4-7-15-14(18)11-9-20-13-10(11)5-3-6-12(13)16-19;3-2(4,5)1(6)7/h9,19H,3-8H2,1-2H3,(H,15,18);(H,6,7)/b16-12+;. The number of nitrogens with one attached hydrogen (secondary N) is 1. The van der Waals surface area contributed by atoms with Crippen LogP contribution in [0.15, 0.2) is 10.5 Å². The molecular weight excluding hydrogens is 387 g/mol. The van der Waals surface area contributed by atoms with Gasteiger partial charge in [0, 0.05) is 11.9 Å². The number of carboxylic acid groups (broad SMARTS) is 1. The van der Waals surface area contributed by atoms with Crippen molar-refractivity contribution >= 4 is 28.9 Å². The summed E-state index contributed by atoms with van der Waals surface area (Å²) >= 11 is 1.50. The number of oxime groups is 1. The molecule has 27 heavy (non-hydrogen) atoms. The molecule has 0 unspecified atom stereocenters. The summed E-state index contributed by atoms with van der Waals surface area (Å²) in [6.45, 7) is 1.64. The molecule has 0 saturated carbocycles. The highest BCUT2D eigenvalue weighted by atomic mass is 32.1. The second kappa shape index (κ2) is 10.3. The maximum absolute atomic E-state index is 12.2. The molecule has 1 aliphatic carbocycles. The third-order valence-corrected chi connectivity index (χ3v) is 4.74. The van der Waals surface area contributed by atoms with Gasteiger partial charge in [-0.3, -0.25) is 4.79 Å². The molecule has 1 aliphatic rings. The third kappa shape index (κ3) is 7.18. The van der Waals surface area contributed by atoms with Crippen molar-refractivity contribution in [3.63, 3.8) is 0 Å². The maximum atomic E-state index is 12.2. The van der Waals surface area contributed by atoms with E-state index >= 15 is 0 Å². The molecule has 0 atom stereocenters. The quantitative estimate of drug-likeness (QED) is 0.394. The van der Waals surface area contributed by atoms with Crippen molar-refractivity contribution in [2.75, 3.05) is 27.2 Å². The van der Waals surface area contributed by atoms with Crippen molar-refractivity contribution in [1.29, 1.82) is 0 Å². The first-order valence-corrected chi connectivity index (χ1v) is 9.00. The zero-order valence-corrected chi connectivity index (χ0v) is 15.8. The van der Waals surface area contributed by atoms with E-state index < -0.39 is 12.1 Å². The van der Waals surface area contributed by atoms with E-state index in [4.69, 9.17) is 15.1 Å². The molecule has 0 bridgehead atoms. The predicted octanol–water partition coefficient (Wildman–Crippen LogP) is 2.58. The Hall–Kier alpha value is -2.14. The SMILES string of the molecule is CN(C)CCCNC(=O)c1csc2c1CCC/C2=N\O.O=C(O)C(F)(F)F. The van der Waals surface area contributed by atoms with Crippen molar-refractivity contribution in [3.05, 3.63) is 21.4 Å². The van der Waals surface area contributed by atoms with Gasteiger partial charge >= 0.3 is 12.1 Å². The average molecular weight is 409 g/mol. The van der Waals surface area contributed by atoms with Crippen LogP contribution in [0.5, 0.6) is 0 Å². The fraction of sp³-hybridized carbons (Fsp3) is 0.562. The van der Waals surface area contributed by atoms with Crippen LogP contribution in [-0.4, -0.2) is 66.2 Å². The van der Waals surface area contributed by atoms with E-state index in [0.29, 0.717) is 12.3 Å². The summed E-state index contributed by atoms with van der Waals surface area (Å²) in [7, 11) is 4.04. The van der Waals surface area contributed by atoms with E-state index in [0.717, 1.165) is 48.2 Å². The van der Waals surface area contributed by atoms with Gasteiger partial charge in [0.05, 0.1) is 16.2 Å². The first kappa shape index (κ1) is 22.9. The molecule has 152 valence electrons. The minimum atomic E-state index is -5.08. The summed E-state index contributed by atoms with van der Waals surface area (Å²) in [5, 5.41) is 24.3. The fourth-order valence-corrected chi connectivity index (χ4v) is 3.52. The summed E-state index contributed by atoms with van der Waals surface area (Å²) in [6.07, 6.45) is -1.54. The lowest BCUT2D eigenvalue weighted by atomic mass is 9.94. The summed E-state index contributed by atoms with van der Waals surface area (Å²) in [4.78, 5) is 24.2. The minimum absolute atomic E-state index is 0.0135. The molecule has 0 fully saturated rings. The summed E-state index contributed by atoms with van der Waals surface area (Å²) < 4.78 is 31.7. The Morgan fingerprint density at radius 3 is 2.48 bits per heavy atom. The van der Waals surface area contributed by atoms with Crippen LogP contribution in [0.3, 0.4) is 0 Å². The maximum Gasteiger partial charge on any atom is 0.490 e. The number of carbonyl (C=O) groups is 2. The van der Waals surface area contributed by atoms with Crippen molar-refractivity contribution in [1.82, 2.24) is 10.2 Å². The normalized spacial score (nSPS) is 15.1. The Balaban J connectivity index is 0.000000445. The topological polar surface area (TPSA) is 102 Å². The molecule has 1 aromatic heterocycles. The van der Waals surface area contributed by atoms with Crippen LogP contribution in [0.25, 0.3) is 0 Å². The molecule has 1 amide bonds. The number of fused-ring (bicyclic) bond motifs is 1. The first-order chi connectivity index (χ1) is 12.6. The smallest absolute Gasteiger partial charge is 0.475 e. The van der Waals surface area contributed by atoms with Gasteiger partial charge in [-0.2, -0.15) is 13.2 Å². The lowest BCUT2D eigenvalue weighted by molar-refractivity contribution is -0.192. The van der Waals surface area contributed by atoms with Gasteiger partial charge in [0.2, 0.25) is 0 Å². The first-order valence-electron chi connectivity index (χ1n) is 8.12. The van der Waals surface area contributed by atoms with Crippen molar-refractivity contribution in [2.45, 2.75) is 31.9 Å². The number of hydrogen-bond donors (Lipinski definition) is 3.